The van der Waals surface area contributed by atoms with Crippen LogP contribution >= 0.6 is 0 Å². The maximum Gasteiger partial charge on any atom is 0.303 e. The van der Waals surface area contributed by atoms with Gasteiger partial charge in [-0.05, 0) is 31.3 Å². The van der Waals surface area contributed by atoms with Crippen LogP contribution in [0.4, 0.5) is 0 Å². The number of carbonyl (C=O) groups excluding carboxylic acids is 1. The monoisotopic (exact) mass is 210 g/mol. The van der Waals surface area contributed by atoms with Gasteiger partial charge >= 0.3 is 5.97 Å². The van der Waals surface area contributed by atoms with Crippen molar-refractivity contribution in [2.75, 3.05) is 0 Å². The molecule has 0 heterocycles. The van der Waals surface area contributed by atoms with E-state index in [9.17, 15) is 4.79 Å². The van der Waals surface area contributed by atoms with Crippen LogP contribution in [0.25, 0.3) is 0 Å². The summed E-state index contributed by atoms with van der Waals surface area (Å²) in [5.74, 6) is 1.39. The Morgan fingerprint density at radius 2 is 1.60 bits per heavy atom. The summed E-state index contributed by atoms with van der Waals surface area (Å²) >= 11 is 0. The van der Waals surface area contributed by atoms with Gasteiger partial charge in [0.15, 0.2) is 0 Å². The number of hydrogen-bond acceptors (Lipinski definition) is 2. The van der Waals surface area contributed by atoms with Crippen LogP contribution in [0.15, 0.2) is 11.1 Å². The molecular weight excluding hydrogens is 188 g/mol. The molecular formula is C13H22O2. The summed E-state index contributed by atoms with van der Waals surface area (Å²) in [4.78, 5) is 11.1. The van der Waals surface area contributed by atoms with Crippen molar-refractivity contribution in [1.82, 2.24) is 0 Å². The second kappa shape index (κ2) is 4.38. The van der Waals surface area contributed by atoms with Gasteiger partial charge in [0.25, 0.3) is 0 Å². The Labute approximate surface area is 92.7 Å². The third-order valence-corrected chi connectivity index (χ3v) is 4.12. The Morgan fingerprint density at radius 1 is 1.07 bits per heavy atom. The maximum atomic E-state index is 11.1. The van der Waals surface area contributed by atoms with Crippen molar-refractivity contribution in [3.05, 3.63) is 11.1 Å². The third-order valence-electron chi connectivity index (χ3n) is 4.12. The highest BCUT2D eigenvalue weighted by atomic mass is 16.5. The van der Waals surface area contributed by atoms with Crippen LogP contribution in [-0.2, 0) is 9.53 Å². The third kappa shape index (κ3) is 2.24. The minimum atomic E-state index is -0.180. The fourth-order valence-corrected chi connectivity index (χ4v) is 2.48. The maximum absolute atomic E-state index is 11.1. The first-order valence-electron chi connectivity index (χ1n) is 5.70. The van der Waals surface area contributed by atoms with E-state index in [-0.39, 0.29) is 12.1 Å². The van der Waals surface area contributed by atoms with Gasteiger partial charge in [-0.3, -0.25) is 4.79 Å². The molecule has 86 valence electrons. The molecule has 15 heavy (non-hydrogen) atoms. The first-order valence-corrected chi connectivity index (χ1v) is 5.70. The minimum absolute atomic E-state index is 0.0197. The Kier molecular flexibility index (Phi) is 3.58. The van der Waals surface area contributed by atoms with Gasteiger partial charge in [0.1, 0.15) is 6.10 Å². The van der Waals surface area contributed by atoms with Crippen molar-refractivity contribution >= 4 is 5.97 Å². The first-order chi connectivity index (χ1) is 6.86. The molecule has 0 fully saturated rings. The molecule has 0 aliphatic heterocycles. The second-order valence-corrected chi connectivity index (χ2v) is 4.90. The number of allylic oxidation sites excluding steroid dienone is 1. The normalized spacial score (nSPS) is 36.7. The molecule has 2 heteroatoms. The summed E-state index contributed by atoms with van der Waals surface area (Å²) in [6.45, 7) is 12.4. The standard InChI is InChI=1S/C13H22O2/c1-7-8(2)10(4)13(15-12(6)14)11(5)9(7)3/h7-8,10,13H,1-6H3. The smallest absolute Gasteiger partial charge is 0.303 e. The van der Waals surface area contributed by atoms with Crippen molar-refractivity contribution in [2.45, 2.75) is 47.6 Å². The molecule has 0 spiro atoms. The molecule has 0 amide bonds. The Bertz CT molecular complexity index is 291. The molecule has 1 aliphatic carbocycles. The molecule has 0 saturated carbocycles. The summed E-state index contributed by atoms with van der Waals surface area (Å²) < 4.78 is 5.41. The van der Waals surface area contributed by atoms with E-state index >= 15 is 0 Å². The zero-order valence-electron chi connectivity index (χ0n) is 10.6. The largest absolute Gasteiger partial charge is 0.458 e. The van der Waals surface area contributed by atoms with Gasteiger partial charge in [-0.1, -0.05) is 26.3 Å². The molecule has 4 unspecified atom stereocenters. The van der Waals surface area contributed by atoms with Crippen molar-refractivity contribution in [2.24, 2.45) is 17.8 Å². The molecule has 0 aromatic heterocycles. The van der Waals surface area contributed by atoms with Gasteiger partial charge < -0.3 is 4.74 Å². The van der Waals surface area contributed by atoms with E-state index in [1.54, 1.807) is 0 Å². The quantitative estimate of drug-likeness (QED) is 0.491. The molecule has 1 aliphatic rings. The molecule has 0 aromatic carbocycles. The summed E-state index contributed by atoms with van der Waals surface area (Å²) in [5, 5.41) is 0. The highest BCUT2D eigenvalue weighted by Crippen LogP contribution is 2.39. The van der Waals surface area contributed by atoms with Crippen LogP contribution in [0.5, 0.6) is 0 Å². The molecule has 1 rings (SSSR count). The van der Waals surface area contributed by atoms with Gasteiger partial charge in [-0.15, -0.1) is 0 Å². The molecule has 0 bridgehead atoms. The molecule has 0 radical (unpaired) electrons. The van der Waals surface area contributed by atoms with Gasteiger partial charge in [0.05, 0.1) is 0 Å². The number of ether oxygens (including phenoxy) is 1. The lowest BCUT2D eigenvalue weighted by Crippen LogP contribution is -2.37. The number of esters is 1. The molecule has 0 aromatic rings. The Balaban J connectivity index is 3.00. The zero-order valence-corrected chi connectivity index (χ0v) is 10.6. The fourth-order valence-electron chi connectivity index (χ4n) is 2.48. The lowest BCUT2D eigenvalue weighted by molar-refractivity contribution is -0.148. The highest BCUT2D eigenvalue weighted by Gasteiger charge is 2.36. The SMILES string of the molecule is CC(=O)OC1C(C)=C(C)C(C)C(C)C1C. The van der Waals surface area contributed by atoms with Crippen molar-refractivity contribution in [3.63, 3.8) is 0 Å². The van der Waals surface area contributed by atoms with E-state index < -0.39 is 0 Å². The summed E-state index contributed by atoms with van der Waals surface area (Å²) in [7, 11) is 0. The summed E-state index contributed by atoms with van der Waals surface area (Å²) in [6, 6.07) is 0. The first kappa shape index (κ1) is 12.3. The lowest BCUT2D eigenvalue weighted by Gasteiger charge is -2.39. The molecule has 0 saturated heterocycles. The molecule has 4 atom stereocenters. The van der Waals surface area contributed by atoms with Crippen LogP contribution in [0.3, 0.4) is 0 Å². The number of carbonyl (C=O) groups is 1. The fraction of sp³-hybridized carbons (Fsp3) is 0.769. The predicted octanol–water partition coefficient (Wildman–Crippen LogP) is 3.18. The van der Waals surface area contributed by atoms with E-state index in [0.717, 1.165) is 0 Å². The second-order valence-electron chi connectivity index (χ2n) is 4.90. The van der Waals surface area contributed by atoms with Crippen LogP contribution in [-0.4, -0.2) is 12.1 Å². The lowest BCUT2D eigenvalue weighted by atomic mass is 9.70. The van der Waals surface area contributed by atoms with E-state index in [2.05, 4.69) is 34.6 Å². The van der Waals surface area contributed by atoms with Crippen LogP contribution in [0.2, 0.25) is 0 Å². The van der Waals surface area contributed by atoms with E-state index in [1.165, 1.54) is 18.1 Å². The molecule has 2 nitrogen and oxygen atoms in total. The van der Waals surface area contributed by atoms with Crippen LogP contribution in [0.1, 0.15) is 41.5 Å². The van der Waals surface area contributed by atoms with E-state index in [1.807, 2.05) is 0 Å². The molecule has 0 N–H and O–H groups in total. The average molecular weight is 210 g/mol. The number of rotatable bonds is 1. The topological polar surface area (TPSA) is 26.3 Å². The predicted molar refractivity (Wildman–Crippen MR) is 61.4 cm³/mol. The van der Waals surface area contributed by atoms with Gasteiger partial charge in [-0.2, -0.15) is 0 Å². The summed E-state index contributed by atoms with van der Waals surface area (Å²) in [6.07, 6.45) is -0.0197. The van der Waals surface area contributed by atoms with Crippen LogP contribution < -0.4 is 0 Å². The number of hydrogen-bond donors (Lipinski definition) is 0. The zero-order chi connectivity index (χ0) is 11.7. The highest BCUT2D eigenvalue weighted by molar-refractivity contribution is 5.66. The van der Waals surface area contributed by atoms with Crippen molar-refractivity contribution < 1.29 is 9.53 Å². The Hall–Kier alpha value is -0.790. The van der Waals surface area contributed by atoms with E-state index in [0.29, 0.717) is 17.8 Å². The van der Waals surface area contributed by atoms with Gasteiger partial charge in [0.2, 0.25) is 0 Å². The Morgan fingerprint density at radius 3 is 2.07 bits per heavy atom. The van der Waals surface area contributed by atoms with Crippen LogP contribution in [0, 0.1) is 17.8 Å². The van der Waals surface area contributed by atoms with E-state index in [4.69, 9.17) is 4.74 Å². The summed E-state index contributed by atoms with van der Waals surface area (Å²) in [5.41, 5.74) is 2.62. The van der Waals surface area contributed by atoms with Crippen molar-refractivity contribution in [3.8, 4) is 0 Å². The average Bonchev–Trinajstić information content (AvgIpc) is 2.18. The van der Waals surface area contributed by atoms with Gasteiger partial charge in [0, 0.05) is 12.8 Å². The minimum Gasteiger partial charge on any atom is -0.458 e. The van der Waals surface area contributed by atoms with Gasteiger partial charge in [-0.25, -0.2) is 0 Å². The van der Waals surface area contributed by atoms with Crippen molar-refractivity contribution in [1.29, 1.82) is 0 Å².